The van der Waals surface area contributed by atoms with Gasteiger partial charge in [0.25, 0.3) is 5.91 Å². The lowest BCUT2D eigenvalue weighted by molar-refractivity contribution is -0.125. The van der Waals surface area contributed by atoms with Gasteiger partial charge in [0.2, 0.25) is 5.91 Å². The second-order valence-corrected chi connectivity index (χ2v) is 5.52. The molecule has 1 aliphatic heterocycles. The number of hydrogen-bond acceptors (Lipinski definition) is 3. The minimum atomic E-state index is -0.111. The summed E-state index contributed by atoms with van der Waals surface area (Å²) in [7, 11) is 3.69. The Balaban J connectivity index is 1.95. The Morgan fingerprint density at radius 3 is 2.50 bits per heavy atom. The summed E-state index contributed by atoms with van der Waals surface area (Å²) in [6, 6.07) is 7.18. The van der Waals surface area contributed by atoms with Crippen LogP contribution >= 0.6 is 0 Å². The zero-order valence-corrected chi connectivity index (χ0v) is 13.2. The summed E-state index contributed by atoms with van der Waals surface area (Å²) in [5.41, 5.74) is 1.52. The van der Waals surface area contributed by atoms with Crippen LogP contribution in [0.2, 0.25) is 0 Å². The summed E-state index contributed by atoms with van der Waals surface area (Å²) in [6.45, 7) is 3.53. The van der Waals surface area contributed by atoms with Crippen molar-refractivity contribution in [3.63, 3.8) is 0 Å². The lowest BCUT2D eigenvalue weighted by Gasteiger charge is -2.18. The molecule has 0 unspecified atom stereocenters. The van der Waals surface area contributed by atoms with Crippen LogP contribution in [0.5, 0.6) is 0 Å². The molecule has 0 spiro atoms. The molecule has 0 aromatic heterocycles. The molecule has 2 amide bonds. The van der Waals surface area contributed by atoms with Crippen LogP contribution in [0.25, 0.3) is 6.08 Å². The van der Waals surface area contributed by atoms with E-state index in [1.807, 2.05) is 17.0 Å². The van der Waals surface area contributed by atoms with Gasteiger partial charge in [0, 0.05) is 38.3 Å². The topological polar surface area (TPSA) is 52.7 Å². The van der Waals surface area contributed by atoms with E-state index < -0.39 is 0 Å². The van der Waals surface area contributed by atoms with E-state index in [4.69, 9.17) is 0 Å². The molecule has 1 fully saturated rings. The fraction of sp³-hybridized carbons (Fsp3) is 0.412. The van der Waals surface area contributed by atoms with E-state index in [0.29, 0.717) is 5.56 Å². The summed E-state index contributed by atoms with van der Waals surface area (Å²) in [5, 5.41) is 2.58. The molecule has 1 N–H and O–H groups in total. The quantitative estimate of drug-likeness (QED) is 0.854. The fourth-order valence-electron chi connectivity index (χ4n) is 2.43. The Hall–Kier alpha value is -2.14. The number of likely N-dealkylation sites (N-methyl/N-ethyl adjacent to an activating group) is 1. The van der Waals surface area contributed by atoms with Crippen molar-refractivity contribution in [2.45, 2.75) is 6.42 Å². The predicted octanol–water partition coefficient (Wildman–Crippen LogP) is 1.22. The van der Waals surface area contributed by atoms with E-state index in [9.17, 15) is 9.59 Å². The monoisotopic (exact) mass is 301 g/mol. The normalized spacial score (nSPS) is 16.5. The Bertz CT molecular complexity index is 552. The number of amides is 2. The van der Waals surface area contributed by atoms with Crippen LogP contribution in [-0.2, 0) is 4.79 Å². The van der Waals surface area contributed by atoms with Crippen LogP contribution < -0.4 is 5.32 Å². The van der Waals surface area contributed by atoms with Crippen LogP contribution in [0.3, 0.4) is 0 Å². The third kappa shape index (κ3) is 4.43. The van der Waals surface area contributed by atoms with Crippen LogP contribution in [0, 0.1) is 0 Å². The first-order valence-electron chi connectivity index (χ1n) is 7.58. The van der Waals surface area contributed by atoms with Crippen LogP contribution in [0.15, 0.2) is 30.3 Å². The first kappa shape index (κ1) is 16.2. The molecule has 0 radical (unpaired) electrons. The molecule has 1 heterocycles. The molecule has 0 aliphatic carbocycles. The maximum absolute atomic E-state index is 12.2. The van der Waals surface area contributed by atoms with Gasteiger partial charge in [-0.05, 0) is 43.8 Å². The maximum atomic E-state index is 12.2. The molecular formula is C17H23N3O2. The smallest absolute Gasteiger partial charge is 0.251 e. The number of rotatable bonds is 3. The highest BCUT2D eigenvalue weighted by atomic mass is 16.2. The molecule has 5 nitrogen and oxygen atoms in total. The molecule has 1 saturated heterocycles. The molecule has 1 aromatic carbocycles. The van der Waals surface area contributed by atoms with Gasteiger partial charge in [-0.25, -0.2) is 0 Å². The Labute approximate surface area is 131 Å². The number of nitrogens with one attached hydrogen (secondary N) is 1. The lowest BCUT2D eigenvalue weighted by Crippen LogP contribution is -2.33. The zero-order valence-electron chi connectivity index (χ0n) is 13.2. The highest BCUT2D eigenvalue weighted by Gasteiger charge is 2.15. The molecule has 0 atom stereocenters. The average molecular weight is 301 g/mol. The van der Waals surface area contributed by atoms with E-state index >= 15 is 0 Å². The summed E-state index contributed by atoms with van der Waals surface area (Å²) in [4.78, 5) is 27.8. The van der Waals surface area contributed by atoms with Crippen LogP contribution in [-0.4, -0.2) is 61.9 Å². The first-order chi connectivity index (χ1) is 10.6. The Morgan fingerprint density at radius 2 is 1.82 bits per heavy atom. The molecular weight excluding hydrogens is 278 g/mol. The third-order valence-corrected chi connectivity index (χ3v) is 3.85. The van der Waals surface area contributed by atoms with Gasteiger partial charge in [-0.3, -0.25) is 9.59 Å². The molecule has 1 aromatic rings. The first-order valence-corrected chi connectivity index (χ1v) is 7.58. The number of carbonyl (C=O) groups is 2. The van der Waals surface area contributed by atoms with Gasteiger partial charge in [0.15, 0.2) is 0 Å². The van der Waals surface area contributed by atoms with E-state index in [1.54, 1.807) is 31.3 Å². The maximum Gasteiger partial charge on any atom is 0.251 e. The van der Waals surface area contributed by atoms with E-state index in [1.165, 1.54) is 0 Å². The van der Waals surface area contributed by atoms with Gasteiger partial charge in [-0.15, -0.1) is 0 Å². The van der Waals surface area contributed by atoms with Gasteiger partial charge >= 0.3 is 0 Å². The molecule has 5 heteroatoms. The van der Waals surface area contributed by atoms with Crippen molar-refractivity contribution < 1.29 is 9.59 Å². The molecule has 2 rings (SSSR count). The highest BCUT2D eigenvalue weighted by molar-refractivity contribution is 5.94. The van der Waals surface area contributed by atoms with Crippen molar-refractivity contribution in [3.8, 4) is 0 Å². The number of carbonyl (C=O) groups excluding carboxylic acids is 2. The third-order valence-electron chi connectivity index (χ3n) is 3.85. The Kier molecular flexibility index (Phi) is 5.72. The molecule has 22 heavy (non-hydrogen) atoms. The summed E-state index contributed by atoms with van der Waals surface area (Å²) >= 11 is 0. The van der Waals surface area contributed by atoms with E-state index in [2.05, 4.69) is 17.3 Å². The van der Waals surface area contributed by atoms with Crippen molar-refractivity contribution in [3.05, 3.63) is 41.5 Å². The largest absolute Gasteiger partial charge is 0.355 e. The van der Waals surface area contributed by atoms with Crippen molar-refractivity contribution in [1.82, 2.24) is 15.1 Å². The summed E-state index contributed by atoms with van der Waals surface area (Å²) in [5.74, 6) is -0.0639. The average Bonchev–Trinajstić information content (AvgIpc) is 2.77. The molecule has 1 aliphatic rings. The number of nitrogens with zero attached hydrogens (tertiary/aromatic N) is 2. The van der Waals surface area contributed by atoms with Gasteiger partial charge in [-0.2, -0.15) is 0 Å². The Morgan fingerprint density at radius 1 is 1.09 bits per heavy atom. The van der Waals surface area contributed by atoms with Crippen LogP contribution in [0.1, 0.15) is 22.3 Å². The molecule has 0 bridgehead atoms. The van der Waals surface area contributed by atoms with E-state index in [0.717, 1.165) is 38.2 Å². The summed E-state index contributed by atoms with van der Waals surface area (Å²) < 4.78 is 0. The van der Waals surface area contributed by atoms with Gasteiger partial charge < -0.3 is 15.1 Å². The van der Waals surface area contributed by atoms with Crippen LogP contribution in [0.4, 0.5) is 0 Å². The fourth-order valence-corrected chi connectivity index (χ4v) is 2.43. The van der Waals surface area contributed by atoms with Crippen molar-refractivity contribution >= 4 is 17.9 Å². The van der Waals surface area contributed by atoms with Gasteiger partial charge in [0.05, 0.1) is 0 Å². The molecule has 118 valence electrons. The summed E-state index contributed by atoms with van der Waals surface area (Å²) in [6.07, 6.45) is 4.42. The number of hydrogen-bond donors (Lipinski definition) is 1. The molecule has 0 saturated carbocycles. The predicted molar refractivity (Wildman–Crippen MR) is 87.6 cm³/mol. The van der Waals surface area contributed by atoms with Gasteiger partial charge in [-0.1, -0.05) is 12.1 Å². The van der Waals surface area contributed by atoms with Crippen molar-refractivity contribution in [2.75, 3.05) is 40.3 Å². The minimum Gasteiger partial charge on any atom is -0.355 e. The van der Waals surface area contributed by atoms with Crippen molar-refractivity contribution in [1.29, 1.82) is 0 Å². The highest BCUT2D eigenvalue weighted by Crippen LogP contribution is 2.08. The second-order valence-electron chi connectivity index (χ2n) is 5.52. The standard InChI is InChI=1S/C17H23N3O2/c1-18-17(22)15-7-4-14(5-8-15)6-9-16(21)20-11-3-10-19(2)12-13-20/h4-9H,3,10-13H2,1-2H3,(H,18,22)/b9-6+. The van der Waals surface area contributed by atoms with Crippen molar-refractivity contribution in [2.24, 2.45) is 0 Å². The second kappa shape index (κ2) is 7.75. The minimum absolute atomic E-state index is 0.0469. The number of benzene rings is 1. The SMILES string of the molecule is CNC(=O)c1ccc(/C=C/C(=O)N2CCCN(C)CC2)cc1. The zero-order chi connectivity index (χ0) is 15.9. The van der Waals surface area contributed by atoms with E-state index in [-0.39, 0.29) is 11.8 Å². The van der Waals surface area contributed by atoms with Gasteiger partial charge in [0.1, 0.15) is 0 Å². The lowest BCUT2D eigenvalue weighted by atomic mass is 10.1.